The van der Waals surface area contributed by atoms with Crippen molar-refractivity contribution < 1.29 is 9.59 Å². The van der Waals surface area contributed by atoms with E-state index in [-0.39, 0.29) is 23.6 Å². The molecule has 3 rings (SSSR count). The molecule has 2 amide bonds. The fourth-order valence-electron chi connectivity index (χ4n) is 3.42. The van der Waals surface area contributed by atoms with Crippen molar-refractivity contribution in [2.24, 2.45) is 5.92 Å². The third-order valence-electron chi connectivity index (χ3n) is 4.98. The number of carbonyl (C=O) groups excluding carboxylic acids is 2. The van der Waals surface area contributed by atoms with E-state index in [4.69, 9.17) is 23.2 Å². The van der Waals surface area contributed by atoms with Gasteiger partial charge in [0.25, 0.3) is 5.91 Å². The number of nitrogens with one attached hydrogen (secondary N) is 2. The third kappa shape index (κ3) is 6.74. The van der Waals surface area contributed by atoms with Gasteiger partial charge in [0, 0.05) is 6.54 Å². The highest BCUT2D eigenvalue weighted by atomic mass is 35.5. The Balaban J connectivity index is 1.74. The summed E-state index contributed by atoms with van der Waals surface area (Å²) < 4.78 is 1.92. The first-order chi connectivity index (χ1) is 16.3. The van der Waals surface area contributed by atoms with E-state index in [2.05, 4.69) is 34.7 Å². The molecule has 0 aliphatic carbocycles. The van der Waals surface area contributed by atoms with Crippen LogP contribution in [0.2, 0.25) is 10.0 Å². The monoisotopic (exact) mass is 519 g/mol. The van der Waals surface area contributed by atoms with E-state index in [0.717, 1.165) is 0 Å². The minimum absolute atomic E-state index is 0.143. The molecule has 7 nitrogen and oxygen atoms in total. The summed E-state index contributed by atoms with van der Waals surface area (Å²) in [4.78, 5) is 25.4. The highest BCUT2D eigenvalue weighted by Crippen LogP contribution is 2.27. The molecule has 10 heteroatoms. The first kappa shape index (κ1) is 26.1. The number of hydrogen-bond acceptors (Lipinski definition) is 5. The van der Waals surface area contributed by atoms with Crippen molar-refractivity contribution in [3.8, 4) is 0 Å². The molecule has 3 aromatic rings. The number of hydrogen-bond donors (Lipinski definition) is 2. The normalized spacial score (nSPS) is 11.9. The van der Waals surface area contributed by atoms with Crippen LogP contribution in [0.1, 0.15) is 49.4 Å². The standard InChI is InChI=1S/C24H27Cl2N5O2S/c1-4-31-22(20(13-15(2)3)28-23(33)16-9-5-6-10-17(16)25)29-30-24(31)34-14-21(32)27-19-12-8-7-11-18(19)26/h5-12,15,20H,4,13-14H2,1-3H3,(H,27,32)(H,28,33)/t20-/m0/s1. The zero-order chi connectivity index (χ0) is 24.7. The average molecular weight is 520 g/mol. The topological polar surface area (TPSA) is 88.9 Å². The summed E-state index contributed by atoms with van der Waals surface area (Å²) in [5, 5.41) is 16.0. The van der Waals surface area contributed by atoms with Gasteiger partial charge in [-0.1, -0.05) is 73.1 Å². The molecule has 0 radical (unpaired) electrons. The maximum Gasteiger partial charge on any atom is 0.253 e. The SMILES string of the molecule is CCn1c(SCC(=O)Nc2ccccc2Cl)nnc1[C@H](CC(C)C)NC(=O)c1ccccc1Cl. The Morgan fingerprint density at radius 1 is 1.03 bits per heavy atom. The molecule has 0 unspecified atom stereocenters. The second kappa shape index (κ2) is 12.2. The van der Waals surface area contributed by atoms with Crippen LogP contribution in [0.3, 0.4) is 0 Å². The van der Waals surface area contributed by atoms with Crippen LogP contribution in [-0.2, 0) is 11.3 Å². The second-order valence-corrected chi connectivity index (χ2v) is 9.79. The van der Waals surface area contributed by atoms with Gasteiger partial charge in [-0.05, 0) is 43.5 Å². The second-order valence-electron chi connectivity index (χ2n) is 8.04. The quantitative estimate of drug-likeness (QED) is 0.327. The molecule has 0 saturated heterocycles. The lowest BCUT2D eigenvalue weighted by molar-refractivity contribution is -0.113. The Bertz CT molecular complexity index is 1150. The summed E-state index contributed by atoms with van der Waals surface area (Å²) in [6, 6.07) is 13.6. The highest BCUT2D eigenvalue weighted by molar-refractivity contribution is 7.99. The summed E-state index contributed by atoms with van der Waals surface area (Å²) in [6.07, 6.45) is 0.673. The van der Waals surface area contributed by atoms with Crippen molar-refractivity contribution in [3.63, 3.8) is 0 Å². The number of rotatable bonds is 10. The van der Waals surface area contributed by atoms with Crippen LogP contribution in [0.5, 0.6) is 0 Å². The lowest BCUT2D eigenvalue weighted by Crippen LogP contribution is -2.31. The van der Waals surface area contributed by atoms with Gasteiger partial charge in [0.2, 0.25) is 5.91 Å². The smallest absolute Gasteiger partial charge is 0.253 e. The minimum Gasteiger partial charge on any atom is -0.342 e. The summed E-state index contributed by atoms with van der Waals surface area (Å²) in [7, 11) is 0. The van der Waals surface area contributed by atoms with E-state index in [1.165, 1.54) is 11.8 Å². The van der Waals surface area contributed by atoms with Gasteiger partial charge in [-0.15, -0.1) is 10.2 Å². The van der Waals surface area contributed by atoms with Gasteiger partial charge in [0.15, 0.2) is 11.0 Å². The van der Waals surface area contributed by atoms with Gasteiger partial charge >= 0.3 is 0 Å². The molecule has 0 aliphatic rings. The van der Waals surface area contributed by atoms with E-state index in [1.807, 2.05) is 11.5 Å². The van der Waals surface area contributed by atoms with E-state index < -0.39 is 0 Å². The Morgan fingerprint density at radius 2 is 1.71 bits per heavy atom. The molecule has 1 aromatic heterocycles. The van der Waals surface area contributed by atoms with E-state index in [9.17, 15) is 9.59 Å². The van der Waals surface area contributed by atoms with Crippen LogP contribution in [0.15, 0.2) is 53.7 Å². The van der Waals surface area contributed by atoms with Gasteiger partial charge < -0.3 is 15.2 Å². The maximum atomic E-state index is 12.9. The van der Waals surface area contributed by atoms with Crippen molar-refractivity contribution >= 4 is 52.5 Å². The Morgan fingerprint density at radius 3 is 2.35 bits per heavy atom. The number of para-hydroxylation sites is 1. The third-order valence-corrected chi connectivity index (χ3v) is 6.61. The number of thioether (sulfide) groups is 1. The molecule has 2 aromatic carbocycles. The number of carbonyl (C=O) groups is 2. The average Bonchev–Trinajstić information content (AvgIpc) is 3.21. The van der Waals surface area contributed by atoms with Crippen LogP contribution in [0.25, 0.3) is 0 Å². The Kier molecular flexibility index (Phi) is 9.38. The van der Waals surface area contributed by atoms with Gasteiger partial charge in [-0.3, -0.25) is 9.59 Å². The fraction of sp³-hybridized carbons (Fsp3) is 0.333. The summed E-state index contributed by atoms with van der Waals surface area (Å²) in [5.41, 5.74) is 0.970. The van der Waals surface area contributed by atoms with E-state index in [0.29, 0.717) is 51.2 Å². The van der Waals surface area contributed by atoms with Gasteiger partial charge in [0.1, 0.15) is 0 Å². The molecule has 34 heavy (non-hydrogen) atoms. The molecule has 1 atom stereocenters. The molecule has 0 aliphatic heterocycles. The molecule has 1 heterocycles. The summed E-state index contributed by atoms with van der Waals surface area (Å²) in [6.45, 7) is 6.72. The number of amides is 2. The lowest BCUT2D eigenvalue weighted by atomic mass is 10.0. The number of benzene rings is 2. The molecule has 2 N–H and O–H groups in total. The molecule has 0 spiro atoms. The van der Waals surface area contributed by atoms with Crippen LogP contribution in [0.4, 0.5) is 5.69 Å². The number of nitrogens with zero attached hydrogens (tertiary/aromatic N) is 3. The highest BCUT2D eigenvalue weighted by Gasteiger charge is 2.25. The minimum atomic E-state index is -0.359. The Labute approximate surface area is 213 Å². The summed E-state index contributed by atoms with van der Waals surface area (Å²) >= 11 is 13.6. The van der Waals surface area contributed by atoms with E-state index in [1.54, 1.807) is 48.5 Å². The van der Waals surface area contributed by atoms with Crippen LogP contribution < -0.4 is 10.6 Å². The van der Waals surface area contributed by atoms with Crippen molar-refractivity contribution in [2.45, 2.75) is 44.9 Å². The number of halogens is 2. The fourth-order valence-corrected chi connectivity index (χ4v) is 4.64. The van der Waals surface area contributed by atoms with Gasteiger partial charge in [-0.2, -0.15) is 0 Å². The zero-order valence-corrected chi connectivity index (χ0v) is 21.5. The molecular weight excluding hydrogens is 493 g/mol. The molecule has 180 valence electrons. The van der Waals surface area contributed by atoms with Crippen molar-refractivity contribution in [1.82, 2.24) is 20.1 Å². The van der Waals surface area contributed by atoms with Crippen LogP contribution >= 0.6 is 35.0 Å². The lowest BCUT2D eigenvalue weighted by Gasteiger charge is -2.21. The van der Waals surface area contributed by atoms with Crippen LogP contribution in [-0.4, -0.2) is 32.3 Å². The predicted molar refractivity (Wildman–Crippen MR) is 138 cm³/mol. The van der Waals surface area contributed by atoms with Crippen molar-refractivity contribution in [2.75, 3.05) is 11.1 Å². The number of aromatic nitrogens is 3. The summed E-state index contributed by atoms with van der Waals surface area (Å²) in [5.74, 6) is 0.623. The zero-order valence-electron chi connectivity index (χ0n) is 19.2. The largest absolute Gasteiger partial charge is 0.342 e. The van der Waals surface area contributed by atoms with Crippen LogP contribution in [0, 0.1) is 5.92 Å². The molecule has 0 bridgehead atoms. The van der Waals surface area contributed by atoms with Crippen molar-refractivity contribution in [3.05, 3.63) is 70.0 Å². The first-order valence-corrected chi connectivity index (χ1v) is 12.7. The maximum absolute atomic E-state index is 12.9. The number of anilines is 1. The first-order valence-electron chi connectivity index (χ1n) is 11.0. The van der Waals surface area contributed by atoms with E-state index >= 15 is 0 Å². The van der Waals surface area contributed by atoms with Gasteiger partial charge in [-0.25, -0.2) is 0 Å². The Hall–Kier alpha value is -2.55. The van der Waals surface area contributed by atoms with Gasteiger partial charge in [0.05, 0.1) is 33.1 Å². The molecular formula is C24H27Cl2N5O2S. The predicted octanol–water partition coefficient (Wildman–Crippen LogP) is 5.85. The molecule has 0 fully saturated rings. The van der Waals surface area contributed by atoms with Crippen molar-refractivity contribution in [1.29, 1.82) is 0 Å². The molecule has 0 saturated carbocycles.